The molecular formula is C24H25N3O3. The summed E-state index contributed by atoms with van der Waals surface area (Å²) in [5.41, 5.74) is 5.79. The van der Waals surface area contributed by atoms with Crippen LogP contribution in [0.4, 0.5) is 0 Å². The van der Waals surface area contributed by atoms with Crippen molar-refractivity contribution < 1.29 is 14.3 Å². The first kappa shape index (κ1) is 19.9. The van der Waals surface area contributed by atoms with E-state index in [9.17, 15) is 9.59 Å². The number of carbonyl (C=O) groups excluding carboxylic acids is 2. The normalized spacial score (nSPS) is 13.1. The summed E-state index contributed by atoms with van der Waals surface area (Å²) in [6, 6.07) is 15.5. The zero-order valence-corrected chi connectivity index (χ0v) is 17.5. The molecule has 1 aliphatic rings. The van der Waals surface area contributed by atoms with Gasteiger partial charge in [-0.25, -0.2) is 9.48 Å². The molecule has 0 unspecified atom stereocenters. The van der Waals surface area contributed by atoms with E-state index >= 15 is 0 Å². The molecule has 1 aliphatic heterocycles. The van der Waals surface area contributed by atoms with Gasteiger partial charge in [0, 0.05) is 24.1 Å². The second-order valence-corrected chi connectivity index (χ2v) is 7.52. The summed E-state index contributed by atoms with van der Waals surface area (Å²) in [6.07, 6.45) is 0.618. The van der Waals surface area contributed by atoms with Crippen molar-refractivity contribution in [2.45, 2.75) is 33.7 Å². The van der Waals surface area contributed by atoms with Gasteiger partial charge in [-0.1, -0.05) is 24.3 Å². The van der Waals surface area contributed by atoms with Gasteiger partial charge in [0.25, 0.3) is 5.91 Å². The van der Waals surface area contributed by atoms with Crippen LogP contribution in [0.15, 0.2) is 48.5 Å². The molecule has 3 aromatic rings. The number of para-hydroxylation sites is 1. The standard InChI is InChI=1S/C24H25N3O3/c1-4-30-24(29)22-20-15-26(23(28)18-11-10-16(2)17(3)14-18)13-12-21(20)27(25-22)19-8-6-5-7-9-19/h5-11,14H,4,12-13,15H2,1-3H3. The number of fused-ring (bicyclic) bond motifs is 1. The first-order chi connectivity index (χ1) is 14.5. The molecule has 0 bridgehead atoms. The molecule has 2 aromatic carbocycles. The molecule has 0 saturated carbocycles. The number of rotatable bonds is 4. The highest BCUT2D eigenvalue weighted by Crippen LogP contribution is 2.27. The maximum atomic E-state index is 13.1. The van der Waals surface area contributed by atoms with E-state index in [0.717, 1.165) is 28.1 Å². The molecule has 4 rings (SSSR count). The highest BCUT2D eigenvalue weighted by molar-refractivity contribution is 5.95. The predicted octanol–water partition coefficient (Wildman–Crippen LogP) is 3.86. The van der Waals surface area contributed by atoms with Gasteiger partial charge in [-0.15, -0.1) is 0 Å². The Morgan fingerprint density at radius 1 is 1.07 bits per heavy atom. The molecule has 0 fully saturated rings. The fourth-order valence-electron chi connectivity index (χ4n) is 3.80. The van der Waals surface area contributed by atoms with Crippen molar-refractivity contribution in [2.24, 2.45) is 0 Å². The third-order valence-corrected chi connectivity index (χ3v) is 5.57. The van der Waals surface area contributed by atoms with E-state index in [0.29, 0.717) is 25.1 Å². The van der Waals surface area contributed by atoms with Crippen LogP contribution in [0.25, 0.3) is 5.69 Å². The van der Waals surface area contributed by atoms with Gasteiger partial charge in [-0.2, -0.15) is 5.10 Å². The van der Waals surface area contributed by atoms with Crippen LogP contribution < -0.4 is 0 Å². The first-order valence-corrected chi connectivity index (χ1v) is 10.2. The molecule has 0 radical (unpaired) electrons. The number of aromatic nitrogens is 2. The van der Waals surface area contributed by atoms with Gasteiger partial charge in [0.1, 0.15) is 0 Å². The Labute approximate surface area is 176 Å². The third-order valence-electron chi connectivity index (χ3n) is 5.57. The molecule has 0 spiro atoms. The van der Waals surface area contributed by atoms with Crippen LogP contribution in [0.1, 0.15) is 50.2 Å². The summed E-state index contributed by atoms with van der Waals surface area (Å²) in [6.45, 7) is 6.98. The number of carbonyl (C=O) groups is 2. The number of hydrogen-bond donors (Lipinski definition) is 0. The molecule has 2 heterocycles. The van der Waals surface area contributed by atoms with Gasteiger partial charge < -0.3 is 9.64 Å². The Morgan fingerprint density at radius 2 is 1.83 bits per heavy atom. The van der Waals surface area contributed by atoms with Gasteiger partial charge in [0.05, 0.1) is 24.5 Å². The van der Waals surface area contributed by atoms with Crippen molar-refractivity contribution in [3.8, 4) is 5.69 Å². The van der Waals surface area contributed by atoms with Gasteiger partial charge in [-0.05, 0) is 56.2 Å². The third kappa shape index (κ3) is 3.61. The maximum Gasteiger partial charge on any atom is 0.359 e. The minimum atomic E-state index is -0.455. The Hall–Kier alpha value is -3.41. The van der Waals surface area contributed by atoms with E-state index < -0.39 is 5.97 Å². The minimum Gasteiger partial charge on any atom is -0.461 e. The van der Waals surface area contributed by atoms with Crippen molar-refractivity contribution in [2.75, 3.05) is 13.2 Å². The van der Waals surface area contributed by atoms with Crippen molar-refractivity contribution in [1.82, 2.24) is 14.7 Å². The second-order valence-electron chi connectivity index (χ2n) is 7.52. The van der Waals surface area contributed by atoms with E-state index in [4.69, 9.17) is 4.74 Å². The molecule has 0 saturated heterocycles. The number of hydrogen-bond acceptors (Lipinski definition) is 4. The average molecular weight is 403 g/mol. The molecule has 6 nitrogen and oxygen atoms in total. The van der Waals surface area contributed by atoms with Crippen LogP contribution in [0.2, 0.25) is 0 Å². The topological polar surface area (TPSA) is 64.4 Å². The van der Waals surface area contributed by atoms with E-state index in [1.54, 1.807) is 16.5 Å². The SMILES string of the molecule is CCOC(=O)c1nn(-c2ccccc2)c2c1CN(C(=O)c1ccc(C)c(C)c1)CC2. The fourth-order valence-corrected chi connectivity index (χ4v) is 3.80. The maximum absolute atomic E-state index is 13.1. The van der Waals surface area contributed by atoms with Crippen LogP contribution in [-0.4, -0.2) is 39.7 Å². The number of benzene rings is 2. The van der Waals surface area contributed by atoms with Crippen molar-refractivity contribution in [3.63, 3.8) is 0 Å². The van der Waals surface area contributed by atoms with Gasteiger partial charge in [-0.3, -0.25) is 4.79 Å². The van der Waals surface area contributed by atoms with Crippen LogP contribution in [0.5, 0.6) is 0 Å². The number of ether oxygens (including phenoxy) is 1. The largest absolute Gasteiger partial charge is 0.461 e. The molecule has 154 valence electrons. The lowest BCUT2D eigenvalue weighted by atomic mass is 10.0. The molecule has 0 aliphatic carbocycles. The monoisotopic (exact) mass is 403 g/mol. The smallest absolute Gasteiger partial charge is 0.359 e. The summed E-state index contributed by atoms with van der Waals surface area (Å²) < 4.78 is 7.04. The summed E-state index contributed by atoms with van der Waals surface area (Å²) in [5.74, 6) is -0.491. The van der Waals surface area contributed by atoms with Crippen LogP contribution in [0, 0.1) is 13.8 Å². The quantitative estimate of drug-likeness (QED) is 0.621. The molecular weight excluding hydrogens is 378 g/mol. The fraction of sp³-hybridized carbons (Fsp3) is 0.292. The summed E-state index contributed by atoms with van der Waals surface area (Å²) in [4.78, 5) is 27.5. The van der Waals surface area contributed by atoms with E-state index in [1.165, 1.54) is 0 Å². The Bertz CT molecular complexity index is 1100. The Morgan fingerprint density at radius 3 is 2.53 bits per heavy atom. The number of esters is 1. The first-order valence-electron chi connectivity index (χ1n) is 10.2. The molecule has 30 heavy (non-hydrogen) atoms. The lowest BCUT2D eigenvalue weighted by Crippen LogP contribution is -2.36. The molecule has 0 atom stereocenters. The van der Waals surface area contributed by atoms with Crippen molar-refractivity contribution >= 4 is 11.9 Å². The summed E-state index contributed by atoms with van der Waals surface area (Å²) >= 11 is 0. The molecule has 6 heteroatoms. The van der Waals surface area contributed by atoms with Crippen LogP contribution in [0.3, 0.4) is 0 Å². The van der Waals surface area contributed by atoms with Crippen molar-refractivity contribution in [1.29, 1.82) is 0 Å². The average Bonchev–Trinajstić information content (AvgIpc) is 3.15. The lowest BCUT2D eigenvalue weighted by molar-refractivity contribution is 0.0513. The zero-order chi connectivity index (χ0) is 21.3. The Kier molecular flexibility index (Phi) is 5.40. The molecule has 1 amide bonds. The number of aryl methyl sites for hydroxylation is 2. The second kappa shape index (κ2) is 8.14. The highest BCUT2D eigenvalue weighted by atomic mass is 16.5. The molecule has 1 aromatic heterocycles. The lowest BCUT2D eigenvalue weighted by Gasteiger charge is -2.28. The predicted molar refractivity (Wildman–Crippen MR) is 114 cm³/mol. The van der Waals surface area contributed by atoms with Gasteiger partial charge >= 0.3 is 5.97 Å². The van der Waals surface area contributed by atoms with E-state index in [-0.39, 0.29) is 18.2 Å². The van der Waals surface area contributed by atoms with Gasteiger partial charge in [0.2, 0.25) is 0 Å². The number of nitrogens with zero attached hydrogens (tertiary/aromatic N) is 3. The molecule has 0 N–H and O–H groups in total. The van der Waals surface area contributed by atoms with E-state index in [2.05, 4.69) is 5.10 Å². The van der Waals surface area contributed by atoms with E-state index in [1.807, 2.05) is 62.4 Å². The minimum absolute atomic E-state index is 0.0361. The highest BCUT2D eigenvalue weighted by Gasteiger charge is 2.31. The van der Waals surface area contributed by atoms with Gasteiger partial charge in [0.15, 0.2) is 5.69 Å². The zero-order valence-electron chi connectivity index (χ0n) is 17.5. The number of amides is 1. The summed E-state index contributed by atoms with van der Waals surface area (Å²) in [7, 11) is 0. The van der Waals surface area contributed by atoms with Crippen LogP contribution >= 0.6 is 0 Å². The Balaban J connectivity index is 1.71. The summed E-state index contributed by atoms with van der Waals surface area (Å²) in [5, 5.41) is 4.58. The van der Waals surface area contributed by atoms with Crippen molar-refractivity contribution in [3.05, 3.63) is 82.2 Å². The van der Waals surface area contributed by atoms with Crippen LogP contribution in [-0.2, 0) is 17.7 Å².